The van der Waals surface area contributed by atoms with Gasteiger partial charge >= 0.3 is 0 Å². The van der Waals surface area contributed by atoms with E-state index in [1.807, 2.05) is 6.92 Å². The van der Waals surface area contributed by atoms with Crippen molar-refractivity contribution in [2.24, 2.45) is 0 Å². The van der Waals surface area contributed by atoms with Crippen molar-refractivity contribution in [3.05, 3.63) is 35.7 Å². The van der Waals surface area contributed by atoms with Crippen LogP contribution >= 0.6 is 0 Å². The fourth-order valence-electron chi connectivity index (χ4n) is 1.69. The molecule has 0 aliphatic rings. The highest BCUT2D eigenvalue weighted by Gasteiger charge is 2.18. The number of sulfone groups is 1. The molecule has 0 fully saturated rings. The van der Waals surface area contributed by atoms with Crippen LogP contribution < -0.4 is 10.6 Å². The molecular formula is C13H17N5O2S. The minimum absolute atomic E-state index is 0.00260. The first kappa shape index (κ1) is 15.2. The van der Waals surface area contributed by atoms with Crippen molar-refractivity contribution in [3.63, 3.8) is 0 Å². The molecule has 0 saturated heterocycles. The van der Waals surface area contributed by atoms with E-state index in [2.05, 4.69) is 15.0 Å². The number of anilines is 2. The topological polar surface area (TPSA) is 102 Å². The quantitative estimate of drug-likeness (QED) is 0.891. The van der Waals surface area contributed by atoms with Crippen LogP contribution in [-0.4, -0.2) is 37.5 Å². The predicted molar refractivity (Wildman–Crippen MR) is 80.6 cm³/mol. The van der Waals surface area contributed by atoms with Crippen LogP contribution in [-0.2, 0) is 15.6 Å². The van der Waals surface area contributed by atoms with Crippen LogP contribution in [0.1, 0.15) is 11.4 Å². The summed E-state index contributed by atoms with van der Waals surface area (Å²) in [6.07, 6.45) is 0. The minimum atomic E-state index is -3.52. The molecule has 112 valence electrons. The summed E-state index contributed by atoms with van der Waals surface area (Å²) in [6, 6.07) is 6.64. The standard InChI is InChI=1S/C13H17N5O2S/c1-9-4-6-10(7-5-9)21(19,20)8-11-15-12(14)17-13(16-11)18(2)3/h4-7H,8H2,1-3H3,(H2,14,15,16,17). The molecule has 8 heteroatoms. The van der Waals surface area contributed by atoms with E-state index in [1.54, 1.807) is 43.3 Å². The fourth-order valence-corrected chi connectivity index (χ4v) is 2.88. The van der Waals surface area contributed by atoms with Crippen LogP contribution in [0.2, 0.25) is 0 Å². The van der Waals surface area contributed by atoms with Crippen molar-refractivity contribution in [3.8, 4) is 0 Å². The molecule has 21 heavy (non-hydrogen) atoms. The number of aromatic nitrogens is 3. The highest BCUT2D eigenvalue weighted by molar-refractivity contribution is 7.90. The lowest BCUT2D eigenvalue weighted by Crippen LogP contribution is -2.17. The van der Waals surface area contributed by atoms with Gasteiger partial charge in [0, 0.05) is 14.1 Å². The first-order valence-corrected chi connectivity index (χ1v) is 7.90. The molecule has 2 rings (SSSR count). The lowest BCUT2D eigenvalue weighted by Gasteiger charge is -2.11. The van der Waals surface area contributed by atoms with Crippen molar-refractivity contribution >= 4 is 21.7 Å². The lowest BCUT2D eigenvalue weighted by atomic mass is 10.2. The van der Waals surface area contributed by atoms with Gasteiger partial charge in [-0.15, -0.1) is 0 Å². The molecule has 0 bridgehead atoms. The van der Waals surface area contributed by atoms with E-state index >= 15 is 0 Å². The Hall–Kier alpha value is -2.22. The summed E-state index contributed by atoms with van der Waals surface area (Å²) in [7, 11) is -0.0300. The third-order valence-electron chi connectivity index (χ3n) is 2.79. The van der Waals surface area contributed by atoms with Gasteiger partial charge in [-0.05, 0) is 19.1 Å². The highest BCUT2D eigenvalue weighted by Crippen LogP contribution is 2.16. The zero-order chi connectivity index (χ0) is 15.6. The van der Waals surface area contributed by atoms with Crippen LogP contribution in [0.15, 0.2) is 29.2 Å². The Balaban J connectivity index is 2.34. The fraction of sp³-hybridized carbons (Fsp3) is 0.308. The maximum atomic E-state index is 12.4. The normalized spacial score (nSPS) is 11.4. The predicted octanol–water partition coefficient (Wildman–Crippen LogP) is 0.802. The molecular weight excluding hydrogens is 290 g/mol. The van der Waals surface area contributed by atoms with Gasteiger partial charge in [0.15, 0.2) is 15.7 Å². The molecule has 0 aliphatic heterocycles. The highest BCUT2D eigenvalue weighted by atomic mass is 32.2. The monoisotopic (exact) mass is 307 g/mol. The second-order valence-corrected chi connectivity index (χ2v) is 6.87. The van der Waals surface area contributed by atoms with Crippen LogP contribution in [0.25, 0.3) is 0 Å². The molecule has 1 heterocycles. The summed E-state index contributed by atoms with van der Waals surface area (Å²) in [5, 5.41) is 0. The SMILES string of the molecule is Cc1ccc(S(=O)(=O)Cc2nc(N)nc(N(C)C)n2)cc1. The van der Waals surface area contributed by atoms with Crippen LogP contribution in [0.3, 0.4) is 0 Å². The van der Waals surface area contributed by atoms with Crippen LogP contribution in [0.4, 0.5) is 11.9 Å². The molecule has 1 aromatic heterocycles. The Kier molecular flexibility index (Phi) is 4.08. The molecule has 0 atom stereocenters. The summed E-state index contributed by atoms with van der Waals surface area (Å²) in [5.74, 6) is 0.148. The maximum absolute atomic E-state index is 12.4. The number of hydrogen-bond acceptors (Lipinski definition) is 7. The number of nitrogens with two attached hydrogens (primary N) is 1. The molecule has 0 spiro atoms. The second-order valence-electron chi connectivity index (χ2n) is 4.88. The summed E-state index contributed by atoms with van der Waals surface area (Å²) in [6.45, 7) is 1.90. The van der Waals surface area contributed by atoms with Crippen molar-refractivity contribution in [2.75, 3.05) is 24.7 Å². The summed E-state index contributed by atoms with van der Waals surface area (Å²) < 4.78 is 24.7. The zero-order valence-corrected chi connectivity index (χ0v) is 12.9. The van der Waals surface area contributed by atoms with Gasteiger partial charge in [-0.25, -0.2) is 8.42 Å². The second kappa shape index (κ2) is 5.65. The number of aryl methyl sites for hydroxylation is 1. The van der Waals surface area contributed by atoms with E-state index in [0.717, 1.165) is 5.56 Å². The van der Waals surface area contributed by atoms with Crippen molar-refractivity contribution in [2.45, 2.75) is 17.6 Å². The van der Waals surface area contributed by atoms with E-state index in [-0.39, 0.29) is 22.4 Å². The van der Waals surface area contributed by atoms with E-state index < -0.39 is 9.84 Å². The zero-order valence-electron chi connectivity index (χ0n) is 12.1. The van der Waals surface area contributed by atoms with Gasteiger partial charge in [-0.1, -0.05) is 17.7 Å². The average molecular weight is 307 g/mol. The number of nitrogen functional groups attached to an aromatic ring is 1. The molecule has 7 nitrogen and oxygen atoms in total. The van der Waals surface area contributed by atoms with Gasteiger partial charge in [0.25, 0.3) is 0 Å². The first-order chi connectivity index (χ1) is 9.78. The van der Waals surface area contributed by atoms with E-state index in [9.17, 15) is 8.42 Å². The molecule has 0 amide bonds. The summed E-state index contributed by atoms with van der Waals surface area (Å²) in [5.41, 5.74) is 6.58. The maximum Gasteiger partial charge on any atom is 0.229 e. The molecule has 2 aromatic rings. The van der Waals surface area contributed by atoms with E-state index in [4.69, 9.17) is 5.73 Å². The minimum Gasteiger partial charge on any atom is -0.368 e. The molecule has 0 unspecified atom stereocenters. The third-order valence-corrected chi connectivity index (χ3v) is 4.42. The smallest absolute Gasteiger partial charge is 0.229 e. The Labute approximate surface area is 123 Å². The van der Waals surface area contributed by atoms with Gasteiger partial charge in [0.05, 0.1) is 4.90 Å². The largest absolute Gasteiger partial charge is 0.368 e. The molecule has 0 radical (unpaired) electrons. The molecule has 1 aromatic carbocycles. The molecule has 0 aliphatic carbocycles. The Morgan fingerprint density at radius 2 is 1.71 bits per heavy atom. The van der Waals surface area contributed by atoms with Crippen molar-refractivity contribution < 1.29 is 8.42 Å². The van der Waals surface area contributed by atoms with Crippen molar-refractivity contribution in [1.29, 1.82) is 0 Å². The Bertz CT molecular complexity index is 742. The van der Waals surface area contributed by atoms with Gasteiger partial charge < -0.3 is 10.6 Å². The summed E-state index contributed by atoms with van der Waals surface area (Å²) >= 11 is 0. The first-order valence-electron chi connectivity index (χ1n) is 6.25. The molecule has 0 saturated carbocycles. The summed E-state index contributed by atoms with van der Waals surface area (Å²) in [4.78, 5) is 13.8. The van der Waals surface area contributed by atoms with E-state index in [0.29, 0.717) is 5.95 Å². The Morgan fingerprint density at radius 3 is 2.29 bits per heavy atom. The number of rotatable bonds is 4. The third kappa shape index (κ3) is 3.66. The van der Waals surface area contributed by atoms with Gasteiger partial charge in [0.1, 0.15) is 5.75 Å². The Morgan fingerprint density at radius 1 is 1.10 bits per heavy atom. The molecule has 2 N–H and O–H groups in total. The average Bonchev–Trinajstić information content (AvgIpc) is 2.37. The van der Waals surface area contributed by atoms with Crippen LogP contribution in [0.5, 0.6) is 0 Å². The van der Waals surface area contributed by atoms with Gasteiger partial charge in [-0.3, -0.25) is 0 Å². The number of nitrogens with zero attached hydrogens (tertiary/aromatic N) is 4. The number of benzene rings is 1. The number of hydrogen-bond donors (Lipinski definition) is 1. The van der Waals surface area contributed by atoms with Gasteiger partial charge in [0.2, 0.25) is 11.9 Å². The lowest BCUT2D eigenvalue weighted by molar-refractivity contribution is 0.593. The van der Waals surface area contributed by atoms with E-state index in [1.165, 1.54) is 0 Å². The van der Waals surface area contributed by atoms with Crippen LogP contribution in [0, 0.1) is 6.92 Å². The van der Waals surface area contributed by atoms with Gasteiger partial charge in [-0.2, -0.15) is 15.0 Å². The van der Waals surface area contributed by atoms with Crippen molar-refractivity contribution in [1.82, 2.24) is 15.0 Å².